The maximum Gasteiger partial charge on any atom is 0.133 e. The molecule has 0 spiro atoms. The average Bonchev–Trinajstić information content (AvgIpc) is 2.36. The van der Waals surface area contributed by atoms with E-state index in [0.717, 1.165) is 34.0 Å². The smallest absolute Gasteiger partial charge is 0.133 e. The van der Waals surface area contributed by atoms with E-state index in [0.29, 0.717) is 0 Å². The average molecular weight is 294 g/mol. The van der Waals surface area contributed by atoms with E-state index in [1.807, 2.05) is 24.4 Å². The Labute approximate surface area is 110 Å². The Morgan fingerprint density at radius 1 is 1.35 bits per heavy atom. The number of benzene rings is 1. The molecule has 2 rings (SSSR count). The molecule has 1 aromatic heterocycles. The first kappa shape index (κ1) is 12.3. The molecule has 0 amide bonds. The molecule has 0 aliphatic carbocycles. The van der Waals surface area contributed by atoms with Crippen LogP contribution in [0, 0.1) is 0 Å². The molecule has 0 radical (unpaired) electrons. The number of hydrogen-bond acceptors (Lipinski definition) is 3. The number of nitrogens with two attached hydrogens (primary N) is 1. The van der Waals surface area contributed by atoms with Crippen molar-refractivity contribution in [2.75, 3.05) is 11.9 Å². The van der Waals surface area contributed by atoms with Gasteiger partial charge in [0, 0.05) is 34.0 Å². The largest absolute Gasteiger partial charge is 0.368 e. The third-order valence-electron chi connectivity index (χ3n) is 2.81. The molecule has 0 bridgehead atoms. The normalized spacial score (nSPS) is 12.6. The van der Waals surface area contributed by atoms with Gasteiger partial charge in [0.25, 0.3) is 0 Å². The SMILES string of the molecule is CCC(N)CNc1nccc2c(Br)cccc12. The van der Waals surface area contributed by atoms with E-state index in [4.69, 9.17) is 5.73 Å². The fourth-order valence-electron chi connectivity index (χ4n) is 1.68. The van der Waals surface area contributed by atoms with Gasteiger partial charge >= 0.3 is 0 Å². The Hall–Kier alpha value is -1.13. The standard InChI is InChI=1S/C13H16BrN3/c1-2-9(15)8-17-13-11-4-3-5-12(14)10(11)6-7-16-13/h3-7,9H,2,8,15H2,1H3,(H,16,17). The highest BCUT2D eigenvalue weighted by Crippen LogP contribution is 2.27. The summed E-state index contributed by atoms with van der Waals surface area (Å²) in [4.78, 5) is 4.37. The number of anilines is 1. The summed E-state index contributed by atoms with van der Waals surface area (Å²) in [6.07, 6.45) is 2.77. The zero-order chi connectivity index (χ0) is 12.3. The van der Waals surface area contributed by atoms with Crippen molar-refractivity contribution < 1.29 is 0 Å². The molecule has 90 valence electrons. The van der Waals surface area contributed by atoms with Crippen molar-refractivity contribution in [2.24, 2.45) is 5.73 Å². The summed E-state index contributed by atoms with van der Waals surface area (Å²) in [6, 6.07) is 8.28. The van der Waals surface area contributed by atoms with Gasteiger partial charge in [0.15, 0.2) is 0 Å². The van der Waals surface area contributed by atoms with Crippen LogP contribution in [0.15, 0.2) is 34.9 Å². The third-order valence-corrected chi connectivity index (χ3v) is 3.50. The quantitative estimate of drug-likeness (QED) is 0.910. The van der Waals surface area contributed by atoms with Crippen LogP contribution in [0.5, 0.6) is 0 Å². The Kier molecular flexibility index (Phi) is 3.97. The van der Waals surface area contributed by atoms with Gasteiger partial charge < -0.3 is 11.1 Å². The minimum absolute atomic E-state index is 0.166. The van der Waals surface area contributed by atoms with Crippen molar-refractivity contribution in [3.8, 4) is 0 Å². The van der Waals surface area contributed by atoms with E-state index in [1.165, 1.54) is 0 Å². The lowest BCUT2D eigenvalue weighted by atomic mass is 10.1. The summed E-state index contributed by atoms with van der Waals surface area (Å²) >= 11 is 3.54. The second-order valence-electron chi connectivity index (χ2n) is 4.04. The van der Waals surface area contributed by atoms with Crippen LogP contribution in [0.2, 0.25) is 0 Å². The van der Waals surface area contributed by atoms with E-state index >= 15 is 0 Å². The molecule has 0 fully saturated rings. The Morgan fingerprint density at radius 3 is 2.94 bits per heavy atom. The fourth-order valence-corrected chi connectivity index (χ4v) is 2.18. The molecule has 3 nitrogen and oxygen atoms in total. The van der Waals surface area contributed by atoms with Crippen molar-refractivity contribution in [3.05, 3.63) is 34.9 Å². The molecule has 0 aliphatic rings. The number of hydrogen-bond donors (Lipinski definition) is 2. The highest BCUT2D eigenvalue weighted by atomic mass is 79.9. The summed E-state index contributed by atoms with van der Waals surface area (Å²) in [5.74, 6) is 0.896. The van der Waals surface area contributed by atoms with Gasteiger partial charge in [0.05, 0.1) is 0 Å². The van der Waals surface area contributed by atoms with Crippen molar-refractivity contribution in [2.45, 2.75) is 19.4 Å². The number of fused-ring (bicyclic) bond motifs is 1. The zero-order valence-corrected chi connectivity index (χ0v) is 11.4. The first-order chi connectivity index (χ1) is 8.22. The van der Waals surface area contributed by atoms with Gasteiger partial charge in [-0.2, -0.15) is 0 Å². The van der Waals surface area contributed by atoms with Crippen LogP contribution >= 0.6 is 15.9 Å². The highest BCUT2D eigenvalue weighted by Gasteiger charge is 2.05. The van der Waals surface area contributed by atoms with Crippen LogP contribution in [-0.2, 0) is 0 Å². The van der Waals surface area contributed by atoms with Crippen LogP contribution in [0.25, 0.3) is 10.8 Å². The fraction of sp³-hybridized carbons (Fsp3) is 0.308. The summed E-state index contributed by atoms with van der Waals surface area (Å²) in [7, 11) is 0. The third kappa shape index (κ3) is 2.76. The van der Waals surface area contributed by atoms with Crippen LogP contribution in [-0.4, -0.2) is 17.6 Å². The molecule has 0 saturated carbocycles. The maximum atomic E-state index is 5.90. The van der Waals surface area contributed by atoms with Gasteiger partial charge in [0.2, 0.25) is 0 Å². The summed E-state index contributed by atoms with van der Waals surface area (Å²) in [5.41, 5.74) is 5.90. The van der Waals surface area contributed by atoms with Crippen molar-refractivity contribution in [3.63, 3.8) is 0 Å². The van der Waals surface area contributed by atoms with E-state index in [-0.39, 0.29) is 6.04 Å². The topological polar surface area (TPSA) is 50.9 Å². The van der Waals surface area contributed by atoms with Crippen LogP contribution in [0.1, 0.15) is 13.3 Å². The van der Waals surface area contributed by atoms with E-state index < -0.39 is 0 Å². The predicted octanol–water partition coefficient (Wildman–Crippen LogP) is 3.15. The van der Waals surface area contributed by atoms with Gasteiger partial charge in [-0.1, -0.05) is 35.0 Å². The number of pyridine rings is 1. The van der Waals surface area contributed by atoms with Gasteiger partial charge in [-0.25, -0.2) is 4.98 Å². The molecule has 1 unspecified atom stereocenters. The molecule has 4 heteroatoms. The van der Waals surface area contributed by atoms with Gasteiger partial charge in [-0.3, -0.25) is 0 Å². The molecular formula is C13H16BrN3. The van der Waals surface area contributed by atoms with Crippen LogP contribution in [0.4, 0.5) is 5.82 Å². The van der Waals surface area contributed by atoms with E-state index in [2.05, 4.69) is 39.2 Å². The molecular weight excluding hydrogens is 278 g/mol. The minimum atomic E-state index is 0.166. The molecule has 2 aromatic rings. The minimum Gasteiger partial charge on any atom is -0.368 e. The molecule has 0 aliphatic heterocycles. The lowest BCUT2D eigenvalue weighted by Gasteiger charge is -2.12. The Balaban J connectivity index is 2.31. The second-order valence-corrected chi connectivity index (χ2v) is 4.90. The lowest BCUT2D eigenvalue weighted by molar-refractivity contribution is 0.678. The monoisotopic (exact) mass is 293 g/mol. The van der Waals surface area contributed by atoms with Gasteiger partial charge in [0.1, 0.15) is 5.82 Å². The summed E-state index contributed by atoms with van der Waals surface area (Å²) in [6.45, 7) is 2.83. The lowest BCUT2D eigenvalue weighted by Crippen LogP contribution is -2.28. The molecule has 0 saturated heterocycles. The molecule has 3 N–H and O–H groups in total. The number of rotatable bonds is 4. The molecule has 17 heavy (non-hydrogen) atoms. The zero-order valence-electron chi connectivity index (χ0n) is 9.78. The van der Waals surface area contributed by atoms with Gasteiger partial charge in [-0.15, -0.1) is 0 Å². The van der Waals surface area contributed by atoms with Crippen LogP contribution in [0.3, 0.4) is 0 Å². The van der Waals surface area contributed by atoms with E-state index in [9.17, 15) is 0 Å². The van der Waals surface area contributed by atoms with E-state index in [1.54, 1.807) is 0 Å². The van der Waals surface area contributed by atoms with Crippen LogP contribution < -0.4 is 11.1 Å². The second kappa shape index (κ2) is 5.47. The maximum absolute atomic E-state index is 5.90. The molecule has 1 aromatic carbocycles. The Morgan fingerprint density at radius 2 is 2.18 bits per heavy atom. The van der Waals surface area contributed by atoms with Crippen molar-refractivity contribution in [1.29, 1.82) is 0 Å². The molecule has 1 heterocycles. The number of nitrogens with zero attached hydrogens (tertiary/aromatic N) is 1. The van der Waals surface area contributed by atoms with Crippen molar-refractivity contribution >= 4 is 32.5 Å². The first-order valence-corrected chi connectivity index (χ1v) is 6.54. The predicted molar refractivity (Wildman–Crippen MR) is 76.2 cm³/mol. The molecule has 1 atom stereocenters. The van der Waals surface area contributed by atoms with Gasteiger partial charge in [-0.05, 0) is 18.6 Å². The summed E-state index contributed by atoms with van der Waals surface area (Å²) < 4.78 is 1.08. The highest BCUT2D eigenvalue weighted by molar-refractivity contribution is 9.10. The Bertz CT molecular complexity index is 513. The number of halogens is 1. The first-order valence-electron chi connectivity index (χ1n) is 5.75. The number of nitrogens with one attached hydrogen (secondary N) is 1. The summed E-state index contributed by atoms with van der Waals surface area (Å²) in [5, 5.41) is 5.59. The number of aromatic nitrogens is 1. The van der Waals surface area contributed by atoms with Crippen molar-refractivity contribution in [1.82, 2.24) is 4.98 Å².